The lowest BCUT2D eigenvalue weighted by Crippen LogP contribution is -2.49. The van der Waals surface area contributed by atoms with Gasteiger partial charge in [0, 0.05) is 31.7 Å². The summed E-state index contributed by atoms with van der Waals surface area (Å²) in [7, 11) is 0. The maximum absolute atomic E-state index is 12.9. The van der Waals surface area contributed by atoms with Crippen molar-refractivity contribution in [1.82, 2.24) is 9.80 Å². The normalized spacial score (nSPS) is 21.9. The van der Waals surface area contributed by atoms with Gasteiger partial charge in [-0.25, -0.2) is 0 Å². The number of piperidine rings is 1. The first-order valence-electron chi connectivity index (χ1n) is 8.71. The van der Waals surface area contributed by atoms with E-state index in [1.807, 2.05) is 30.6 Å². The van der Waals surface area contributed by atoms with Crippen molar-refractivity contribution in [2.45, 2.75) is 33.6 Å². The fourth-order valence-electron chi connectivity index (χ4n) is 3.67. The Balaban J connectivity index is 1.71. The minimum atomic E-state index is -0.102. The zero-order chi connectivity index (χ0) is 17.3. The lowest BCUT2D eigenvalue weighted by Gasteiger charge is -2.36. The molecule has 2 saturated heterocycles. The lowest BCUT2D eigenvalue weighted by molar-refractivity contribution is -0.141. The summed E-state index contributed by atoms with van der Waals surface area (Å²) >= 11 is 0. The maximum Gasteiger partial charge on any atom is 0.257 e. The van der Waals surface area contributed by atoms with Crippen molar-refractivity contribution in [2.75, 3.05) is 39.4 Å². The van der Waals surface area contributed by atoms with E-state index in [4.69, 9.17) is 9.15 Å². The molecule has 3 rings (SSSR count). The summed E-state index contributed by atoms with van der Waals surface area (Å²) in [6, 6.07) is 0. The van der Waals surface area contributed by atoms with E-state index >= 15 is 0 Å². The van der Waals surface area contributed by atoms with Crippen LogP contribution >= 0.6 is 0 Å². The highest BCUT2D eigenvalue weighted by Gasteiger charge is 2.33. The number of rotatable bonds is 2. The van der Waals surface area contributed by atoms with Crippen LogP contribution in [0.2, 0.25) is 0 Å². The molecule has 3 heterocycles. The van der Waals surface area contributed by atoms with Crippen LogP contribution in [0.5, 0.6) is 0 Å². The number of nitrogens with zero attached hydrogens (tertiary/aromatic N) is 2. The molecule has 1 aromatic rings. The van der Waals surface area contributed by atoms with E-state index in [1.165, 1.54) is 0 Å². The molecule has 2 amide bonds. The van der Waals surface area contributed by atoms with Crippen molar-refractivity contribution in [3.63, 3.8) is 0 Å². The van der Waals surface area contributed by atoms with Crippen LogP contribution in [0.3, 0.4) is 0 Å². The van der Waals surface area contributed by atoms with Gasteiger partial charge in [-0.05, 0) is 33.6 Å². The van der Waals surface area contributed by atoms with Crippen LogP contribution in [0.15, 0.2) is 4.42 Å². The quantitative estimate of drug-likeness (QED) is 0.829. The maximum atomic E-state index is 12.9. The molecule has 24 heavy (non-hydrogen) atoms. The van der Waals surface area contributed by atoms with Gasteiger partial charge >= 0.3 is 0 Å². The second kappa shape index (κ2) is 6.97. The summed E-state index contributed by atoms with van der Waals surface area (Å²) in [5.41, 5.74) is 1.56. The first-order valence-corrected chi connectivity index (χ1v) is 8.71. The van der Waals surface area contributed by atoms with E-state index in [0.717, 1.165) is 24.2 Å². The van der Waals surface area contributed by atoms with Crippen LogP contribution in [-0.2, 0) is 9.53 Å². The molecule has 132 valence electrons. The van der Waals surface area contributed by atoms with Crippen LogP contribution in [-0.4, -0.2) is 61.0 Å². The zero-order valence-corrected chi connectivity index (χ0v) is 14.8. The summed E-state index contributed by atoms with van der Waals surface area (Å²) in [4.78, 5) is 29.3. The van der Waals surface area contributed by atoms with Gasteiger partial charge in [0.2, 0.25) is 5.91 Å². The van der Waals surface area contributed by atoms with E-state index in [1.54, 1.807) is 0 Å². The fourth-order valence-corrected chi connectivity index (χ4v) is 3.67. The van der Waals surface area contributed by atoms with Crippen LogP contribution in [0.1, 0.15) is 40.3 Å². The molecule has 2 fully saturated rings. The summed E-state index contributed by atoms with van der Waals surface area (Å²) in [6.07, 6.45) is 1.71. The third kappa shape index (κ3) is 3.20. The standard InChI is InChI=1S/C18H26N2O4/c1-12-13(2)24-14(3)16(12)18(22)20-6-4-5-15(11-20)17(21)19-7-9-23-10-8-19/h15H,4-11H2,1-3H3. The van der Waals surface area contributed by atoms with Gasteiger partial charge in [-0.1, -0.05) is 0 Å². The lowest BCUT2D eigenvalue weighted by atomic mass is 9.95. The van der Waals surface area contributed by atoms with Crippen LogP contribution in [0.25, 0.3) is 0 Å². The Morgan fingerprint density at radius 2 is 1.71 bits per heavy atom. The Bertz CT molecular complexity index is 631. The predicted molar refractivity (Wildman–Crippen MR) is 88.9 cm³/mol. The molecular formula is C18H26N2O4. The first kappa shape index (κ1) is 17.0. The topological polar surface area (TPSA) is 63.0 Å². The molecule has 0 aromatic carbocycles. The molecule has 0 N–H and O–H groups in total. The molecule has 0 radical (unpaired) electrons. The third-order valence-corrected chi connectivity index (χ3v) is 5.16. The highest BCUT2D eigenvalue weighted by Crippen LogP contribution is 2.26. The molecule has 0 aliphatic carbocycles. The summed E-state index contributed by atoms with van der Waals surface area (Å²) in [5.74, 6) is 1.49. The second-order valence-corrected chi connectivity index (χ2v) is 6.74. The average molecular weight is 334 g/mol. The molecule has 1 atom stereocenters. The van der Waals surface area contributed by atoms with E-state index < -0.39 is 0 Å². The Hall–Kier alpha value is -1.82. The monoisotopic (exact) mass is 334 g/mol. The van der Waals surface area contributed by atoms with Gasteiger partial charge in [-0.3, -0.25) is 9.59 Å². The third-order valence-electron chi connectivity index (χ3n) is 5.16. The Labute approximate surface area is 142 Å². The van der Waals surface area contributed by atoms with Gasteiger partial charge in [-0.15, -0.1) is 0 Å². The zero-order valence-electron chi connectivity index (χ0n) is 14.8. The van der Waals surface area contributed by atoms with Gasteiger partial charge in [0.05, 0.1) is 24.7 Å². The van der Waals surface area contributed by atoms with Crippen molar-refractivity contribution in [1.29, 1.82) is 0 Å². The molecule has 1 aromatic heterocycles. The molecule has 2 aliphatic heterocycles. The second-order valence-electron chi connectivity index (χ2n) is 6.74. The SMILES string of the molecule is Cc1oc(C)c(C(=O)N2CCCC(C(=O)N3CCOCC3)C2)c1C. The molecule has 6 nitrogen and oxygen atoms in total. The largest absolute Gasteiger partial charge is 0.466 e. The van der Waals surface area contributed by atoms with Gasteiger partial charge in [0.25, 0.3) is 5.91 Å². The van der Waals surface area contributed by atoms with Gasteiger partial charge in [0.15, 0.2) is 0 Å². The number of ether oxygens (including phenoxy) is 1. The number of carbonyl (C=O) groups excluding carboxylic acids is 2. The molecule has 1 unspecified atom stereocenters. The Kier molecular flexibility index (Phi) is 4.94. The van der Waals surface area contributed by atoms with Crippen molar-refractivity contribution in [2.24, 2.45) is 5.92 Å². The van der Waals surface area contributed by atoms with Crippen molar-refractivity contribution in [3.8, 4) is 0 Å². The Morgan fingerprint density at radius 1 is 1.00 bits per heavy atom. The number of morpholine rings is 1. The molecule has 0 saturated carbocycles. The minimum Gasteiger partial charge on any atom is -0.466 e. The average Bonchev–Trinajstić information content (AvgIpc) is 2.86. The highest BCUT2D eigenvalue weighted by molar-refractivity contribution is 5.97. The van der Waals surface area contributed by atoms with Crippen LogP contribution in [0, 0.1) is 26.7 Å². The molecule has 6 heteroatoms. The highest BCUT2D eigenvalue weighted by atomic mass is 16.5. The minimum absolute atomic E-state index is 0.0127. The number of carbonyl (C=O) groups is 2. The number of aryl methyl sites for hydroxylation is 2. The molecule has 0 spiro atoms. The predicted octanol–water partition coefficient (Wildman–Crippen LogP) is 1.92. The number of amides is 2. The smallest absolute Gasteiger partial charge is 0.257 e. The van der Waals surface area contributed by atoms with E-state index in [-0.39, 0.29) is 17.7 Å². The van der Waals surface area contributed by atoms with E-state index in [2.05, 4.69) is 0 Å². The molecule has 2 aliphatic rings. The van der Waals surface area contributed by atoms with Crippen LogP contribution in [0.4, 0.5) is 0 Å². The molecule has 0 bridgehead atoms. The summed E-state index contributed by atoms with van der Waals surface area (Å²) < 4.78 is 10.9. The van der Waals surface area contributed by atoms with Gasteiger partial charge < -0.3 is 19.0 Å². The Morgan fingerprint density at radius 3 is 2.33 bits per heavy atom. The van der Waals surface area contributed by atoms with Gasteiger partial charge in [-0.2, -0.15) is 0 Å². The number of hydrogen-bond acceptors (Lipinski definition) is 4. The number of hydrogen-bond donors (Lipinski definition) is 0. The van der Waals surface area contributed by atoms with Crippen LogP contribution < -0.4 is 0 Å². The summed E-state index contributed by atoms with van der Waals surface area (Å²) in [6.45, 7) is 9.34. The van der Waals surface area contributed by atoms with E-state index in [0.29, 0.717) is 50.7 Å². The first-order chi connectivity index (χ1) is 11.5. The summed E-state index contributed by atoms with van der Waals surface area (Å²) in [5, 5.41) is 0. The fraction of sp³-hybridized carbons (Fsp3) is 0.667. The van der Waals surface area contributed by atoms with Crippen molar-refractivity contribution in [3.05, 3.63) is 22.6 Å². The number of likely N-dealkylation sites (tertiary alicyclic amines) is 1. The van der Waals surface area contributed by atoms with E-state index in [9.17, 15) is 9.59 Å². The number of furan rings is 1. The molecular weight excluding hydrogens is 308 g/mol. The van der Waals surface area contributed by atoms with Gasteiger partial charge in [0.1, 0.15) is 11.5 Å². The van der Waals surface area contributed by atoms with Crippen molar-refractivity contribution < 1.29 is 18.7 Å². The van der Waals surface area contributed by atoms with Crippen molar-refractivity contribution >= 4 is 11.8 Å².